The van der Waals surface area contributed by atoms with Crippen LogP contribution in [0.5, 0.6) is 0 Å². The summed E-state index contributed by atoms with van der Waals surface area (Å²) in [5, 5.41) is 0. The molecule has 6 nitrogen and oxygen atoms in total. The molecule has 0 bridgehead atoms. The highest BCUT2D eigenvalue weighted by atomic mass is 19.4. The van der Waals surface area contributed by atoms with Crippen molar-refractivity contribution < 1.29 is 22.7 Å². The van der Waals surface area contributed by atoms with Gasteiger partial charge < -0.3 is 9.64 Å². The van der Waals surface area contributed by atoms with Gasteiger partial charge in [0.2, 0.25) is 5.91 Å². The van der Waals surface area contributed by atoms with Crippen LogP contribution in [-0.4, -0.2) is 55.9 Å². The quantitative estimate of drug-likeness (QED) is 0.814. The van der Waals surface area contributed by atoms with Crippen molar-refractivity contribution >= 4 is 11.6 Å². The molecule has 2 unspecified atom stereocenters. The predicted octanol–water partition coefficient (Wildman–Crippen LogP) is 1.02. The number of nitrogens with one attached hydrogen (secondary N) is 2. The van der Waals surface area contributed by atoms with E-state index in [0.717, 1.165) is 29.9 Å². The van der Waals surface area contributed by atoms with Gasteiger partial charge in [0.05, 0.1) is 13.2 Å². The lowest BCUT2D eigenvalue weighted by Gasteiger charge is -2.38. The van der Waals surface area contributed by atoms with Gasteiger partial charge in [-0.3, -0.25) is 15.1 Å². The van der Waals surface area contributed by atoms with Crippen LogP contribution in [0, 0.1) is 5.92 Å². The molecular formula is C17H21F3N4O2. The summed E-state index contributed by atoms with van der Waals surface area (Å²) >= 11 is 0. The van der Waals surface area contributed by atoms with Gasteiger partial charge in [-0.2, -0.15) is 13.2 Å². The summed E-state index contributed by atoms with van der Waals surface area (Å²) < 4.78 is 45.8. The predicted molar refractivity (Wildman–Crippen MR) is 88.2 cm³/mol. The Hall–Kier alpha value is -1.84. The smallest absolute Gasteiger partial charge is 0.378 e. The Kier molecular flexibility index (Phi) is 4.54. The van der Waals surface area contributed by atoms with Gasteiger partial charge in [0.15, 0.2) is 5.92 Å². The maximum absolute atomic E-state index is 13.5. The number of nitrogens with zero attached hydrogens (tertiary/aromatic N) is 2. The number of morpholine rings is 1. The number of amides is 1. The highest BCUT2D eigenvalue weighted by molar-refractivity contribution is 5.80. The summed E-state index contributed by atoms with van der Waals surface area (Å²) in [6.45, 7) is 3.74. The Morgan fingerprint density at radius 2 is 1.92 bits per heavy atom. The molecule has 1 aromatic rings. The zero-order valence-corrected chi connectivity index (χ0v) is 14.2. The molecule has 3 heterocycles. The Morgan fingerprint density at radius 1 is 1.15 bits per heavy atom. The van der Waals surface area contributed by atoms with Crippen molar-refractivity contribution in [2.24, 2.45) is 5.92 Å². The minimum absolute atomic E-state index is 0.0663. The molecule has 1 aromatic carbocycles. The third kappa shape index (κ3) is 3.15. The van der Waals surface area contributed by atoms with Gasteiger partial charge in [-0.15, -0.1) is 0 Å². The van der Waals surface area contributed by atoms with Crippen molar-refractivity contribution in [1.82, 2.24) is 15.8 Å². The number of benzene rings is 1. The van der Waals surface area contributed by atoms with Crippen molar-refractivity contribution in [1.29, 1.82) is 0 Å². The van der Waals surface area contributed by atoms with Gasteiger partial charge in [0.25, 0.3) is 0 Å². The molecule has 3 aliphatic rings. The molecule has 2 N–H and O–H groups in total. The van der Waals surface area contributed by atoms with Crippen molar-refractivity contribution in [2.45, 2.75) is 25.3 Å². The van der Waals surface area contributed by atoms with E-state index in [9.17, 15) is 18.0 Å². The summed E-state index contributed by atoms with van der Waals surface area (Å²) in [6.07, 6.45) is -4.57. The highest BCUT2D eigenvalue weighted by Crippen LogP contribution is 2.38. The molecular weight excluding hydrogens is 349 g/mol. The zero-order valence-electron chi connectivity index (χ0n) is 14.2. The number of anilines is 1. The Morgan fingerprint density at radius 3 is 2.65 bits per heavy atom. The van der Waals surface area contributed by atoms with Crippen molar-refractivity contribution in [3.05, 3.63) is 29.3 Å². The Balaban J connectivity index is 1.59. The number of ether oxygens (including phenoxy) is 1. The largest absolute Gasteiger partial charge is 0.402 e. The minimum Gasteiger partial charge on any atom is -0.378 e. The van der Waals surface area contributed by atoms with Crippen LogP contribution in [0.15, 0.2) is 18.2 Å². The number of carbonyl (C=O) groups is 1. The molecule has 0 spiro atoms. The third-order valence-electron chi connectivity index (χ3n) is 5.35. The van der Waals surface area contributed by atoms with Crippen molar-refractivity contribution in [2.75, 3.05) is 37.7 Å². The van der Waals surface area contributed by atoms with E-state index in [0.29, 0.717) is 26.3 Å². The summed E-state index contributed by atoms with van der Waals surface area (Å²) in [6, 6.07) is 4.99. The lowest BCUT2D eigenvalue weighted by atomic mass is 9.95. The second-order valence-corrected chi connectivity index (χ2v) is 6.88. The molecule has 4 rings (SSSR count). The maximum Gasteiger partial charge on any atom is 0.402 e. The highest BCUT2D eigenvalue weighted by Gasteiger charge is 2.53. The molecule has 0 aliphatic carbocycles. The SMILES string of the molecule is O=C1NNCC(N2Cc3cccc(N4CCOCC4)c3C2)C1C(F)(F)F. The van der Waals surface area contributed by atoms with Gasteiger partial charge in [-0.1, -0.05) is 12.1 Å². The van der Waals surface area contributed by atoms with Crippen LogP contribution in [0.3, 0.4) is 0 Å². The number of hydrogen-bond donors (Lipinski definition) is 2. The molecule has 1 amide bonds. The first-order valence-electron chi connectivity index (χ1n) is 8.72. The normalized spacial score (nSPS) is 27.3. The van der Waals surface area contributed by atoms with Crippen LogP contribution in [0.25, 0.3) is 0 Å². The van der Waals surface area contributed by atoms with Crippen LogP contribution in [0.2, 0.25) is 0 Å². The topological polar surface area (TPSA) is 56.8 Å². The second-order valence-electron chi connectivity index (χ2n) is 6.88. The fourth-order valence-electron chi connectivity index (χ4n) is 4.08. The van der Waals surface area contributed by atoms with E-state index >= 15 is 0 Å². The summed E-state index contributed by atoms with van der Waals surface area (Å²) in [7, 11) is 0. The number of halogens is 3. The average Bonchev–Trinajstić information content (AvgIpc) is 3.05. The van der Waals surface area contributed by atoms with Gasteiger partial charge in [0, 0.05) is 44.5 Å². The minimum atomic E-state index is -4.57. The molecule has 3 aliphatic heterocycles. The molecule has 142 valence electrons. The second kappa shape index (κ2) is 6.71. The molecule has 26 heavy (non-hydrogen) atoms. The van der Waals surface area contributed by atoms with Gasteiger partial charge in [0.1, 0.15) is 0 Å². The molecule has 0 radical (unpaired) electrons. The van der Waals surface area contributed by atoms with Gasteiger partial charge >= 0.3 is 6.18 Å². The van der Waals surface area contributed by atoms with Crippen LogP contribution in [0.1, 0.15) is 11.1 Å². The molecule has 0 aromatic heterocycles. The number of hydrazine groups is 1. The zero-order chi connectivity index (χ0) is 18.3. The summed E-state index contributed by atoms with van der Waals surface area (Å²) in [5.74, 6) is -3.04. The number of rotatable bonds is 2. The lowest BCUT2D eigenvalue weighted by Crippen LogP contribution is -2.63. The number of hydrogen-bond acceptors (Lipinski definition) is 5. The van der Waals surface area contributed by atoms with Crippen LogP contribution in [0.4, 0.5) is 18.9 Å². The summed E-state index contributed by atoms with van der Waals surface area (Å²) in [5.41, 5.74) is 7.86. The van der Waals surface area contributed by atoms with E-state index < -0.39 is 24.0 Å². The average molecular weight is 370 g/mol. The first-order chi connectivity index (χ1) is 12.4. The van der Waals surface area contributed by atoms with Crippen LogP contribution >= 0.6 is 0 Å². The van der Waals surface area contributed by atoms with Crippen LogP contribution < -0.4 is 15.8 Å². The van der Waals surface area contributed by atoms with Crippen molar-refractivity contribution in [3.8, 4) is 0 Å². The van der Waals surface area contributed by atoms with E-state index in [2.05, 4.69) is 15.8 Å². The van der Waals surface area contributed by atoms with Gasteiger partial charge in [-0.25, -0.2) is 5.43 Å². The van der Waals surface area contributed by atoms with E-state index in [1.807, 2.05) is 18.2 Å². The number of fused-ring (bicyclic) bond motifs is 1. The molecule has 2 fully saturated rings. The molecule has 2 saturated heterocycles. The number of carbonyl (C=O) groups excluding carboxylic acids is 1. The monoisotopic (exact) mass is 370 g/mol. The number of alkyl halides is 3. The third-order valence-corrected chi connectivity index (χ3v) is 5.35. The first kappa shape index (κ1) is 17.6. The maximum atomic E-state index is 13.5. The molecule has 2 atom stereocenters. The van der Waals surface area contributed by atoms with E-state index in [4.69, 9.17) is 4.74 Å². The lowest BCUT2D eigenvalue weighted by molar-refractivity contribution is -0.201. The van der Waals surface area contributed by atoms with Crippen molar-refractivity contribution in [3.63, 3.8) is 0 Å². The first-order valence-corrected chi connectivity index (χ1v) is 8.72. The van der Waals surface area contributed by atoms with E-state index in [1.165, 1.54) is 0 Å². The van der Waals surface area contributed by atoms with Crippen LogP contribution in [-0.2, 0) is 22.6 Å². The van der Waals surface area contributed by atoms with E-state index in [1.54, 1.807) is 4.90 Å². The Labute approximate surface area is 149 Å². The van der Waals surface area contributed by atoms with E-state index in [-0.39, 0.29) is 6.54 Å². The fourth-order valence-corrected chi connectivity index (χ4v) is 4.08. The summed E-state index contributed by atoms with van der Waals surface area (Å²) in [4.78, 5) is 15.8. The fraction of sp³-hybridized carbons (Fsp3) is 0.588. The molecule has 9 heteroatoms. The standard InChI is InChI=1S/C17H21F3N4O2/c18-17(19,20)15-14(8-21-22-16(15)25)24-9-11-2-1-3-13(12(11)10-24)23-4-6-26-7-5-23/h1-3,14-15,21H,4-10H2,(H,22,25). The Bertz CT molecular complexity index is 691. The van der Waals surface area contributed by atoms with Gasteiger partial charge in [-0.05, 0) is 17.2 Å². The molecule has 0 saturated carbocycles.